The summed E-state index contributed by atoms with van der Waals surface area (Å²) >= 11 is 0. The quantitative estimate of drug-likeness (QED) is 0.839. The highest BCUT2D eigenvalue weighted by Gasteiger charge is 2.45. The van der Waals surface area contributed by atoms with Gasteiger partial charge in [0.2, 0.25) is 0 Å². The lowest BCUT2D eigenvalue weighted by molar-refractivity contribution is -0.183. The number of hydrogen-bond acceptors (Lipinski definition) is 5. The van der Waals surface area contributed by atoms with E-state index in [0.29, 0.717) is 18.7 Å². The van der Waals surface area contributed by atoms with E-state index in [4.69, 9.17) is 9.47 Å². The number of hydrogen-bond donors (Lipinski definition) is 0. The number of likely N-dealkylation sites (tertiary alicyclic amines) is 1. The van der Waals surface area contributed by atoms with Crippen molar-refractivity contribution < 1.29 is 14.3 Å². The second kappa shape index (κ2) is 6.69. The van der Waals surface area contributed by atoms with E-state index in [0.717, 1.165) is 43.3 Å². The summed E-state index contributed by atoms with van der Waals surface area (Å²) < 4.78 is 11.8. The Hall–Kier alpha value is -2.05. The molecule has 0 radical (unpaired) electrons. The first-order valence-electron chi connectivity index (χ1n) is 8.89. The number of methoxy groups -OCH3 is 1. The molecule has 6 heteroatoms. The molecule has 2 aliphatic heterocycles. The Morgan fingerprint density at radius 3 is 2.76 bits per heavy atom. The van der Waals surface area contributed by atoms with Gasteiger partial charge in [-0.05, 0) is 43.9 Å². The predicted octanol–water partition coefficient (Wildman–Crippen LogP) is 2.43. The van der Waals surface area contributed by atoms with Crippen LogP contribution in [0.15, 0.2) is 30.6 Å². The molecule has 1 aromatic heterocycles. The third-order valence-electron chi connectivity index (χ3n) is 5.48. The van der Waals surface area contributed by atoms with E-state index in [1.165, 1.54) is 0 Å². The Balaban J connectivity index is 1.48. The van der Waals surface area contributed by atoms with Crippen molar-refractivity contribution in [2.45, 2.75) is 37.4 Å². The fourth-order valence-corrected chi connectivity index (χ4v) is 4.07. The molecule has 1 aromatic carbocycles. The van der Waals surface area contributed by atoms with Gasteiger partial charge in [-0.15, -0.1) is 0 Å². The first kappa shape index (κ1) is 16.4. The van der Waals surface area contributed by atoms with Crippen molar-refractivity contribution in [3.63, 3.8) is 0 Å². The van der Waals surface area contributed by atoms with Crippen molar-refractivity contribution >= 4 is 16.9 Å². The van der Waals surface area contributed by atoms with Crippen LogP contribution in [0.2, 0.25) is 0 Å². The van der Waals surface area contributed by atoms with Crippen molar-refractivity contribution in [2.75, 3.05) is 26.8 Å². The van der Waals surface area contributed by atoms with E-state index in [9.17, 15) is 4.79 Å². The molecule has 2 aliphatic rings. The lowest BCUT2D eigenvalue weighted by atomic mass is 9.81. The fraction of sp³-hybridized carbons (Fsp3) is 0.526. The first-order chi connectivity index (χ1) is 12.2. The van der Waals surface area contributed by atoms with Crippen LogP contribution in [-0.4, -0.2) is 59.3 Å². The van der Waals surface area contributed by atoms with Gasteiger partial charge < -0.3 is 14.4 Å². The summed E-state index contributed by atoms with van der Waals surface area (Å²) in [5.74, 6) is 0.0483. The van der Waals surface area contributed by atoms with Crippen molar-refractivity contribution in [3.8, 4) is 0 Å². The number of nitrogens with zero attached hydrogens (tertiary/aromatic N) is 3. The van der Waals surface area contributed by atoms with Crippen LogP contribution < -0.4 is 0 Å². The normalized spacial score (nSPS) is 23.1. The van der Waals surface area contributed by atoms with Crippen LogP contribution in [0.1, 0.15) is 36.0 Å². The van der Waals surface area contributed by atoms with Crippen molar-refractivity contribution in [1.82, 2.24) is 14.9 Å². The van der Waals surface area contributed by atoms with Gasteiger partial charge >= 0.3 is 0 Å². The zero-order chi connectivity index (χ0) is 17.3. The van der Waals surface area contributed by atoms with Crippen LogP contribution in [0.25, 0.3) is 11.0 Å². The van der Waals surface area contributed by atoms with E-state index in [-0.39, 0.29) is 17.6 Å². The first-order valence-corrected chi connectivity index (χ1v) is 8.89. The summed E-state index contributed by atoms with van der Waals surface area (Å²) in [5.41, 5.74) is 1.99. The molecule has 0 aliphatic carbocycles. The lowest BCUT2D eigenvalue weighted by Crippen LogP contribution is -2.56. The third-order valence-corrected chi connectivity index (χ3v) is 5.48. The molecule has 1 spiro atoms. The Bertz CT molecular complexity index is 771. The highest BCUT2D eigenvalue weighted by atomic mass is 16.5. The Kier molecular flexibility index (Phi) is 4.39. The van der Waals surface area contributed by atoms with Crippen molar-refractivity contribution in [2.24, 2.45) is 0 Å². The monoisotopic (exact) mass is 341 g/mol. The third kappa shape index (κ3) is 3.00. The van der Waals surface area contributed by atoms with Crippen LogP contribution in [0.5, 0.6) is 0 Å². The Morgan fingerprint density at radius 1 is 1.24 bits per heavy atom. The topological polar surface area (TPSA) is 64.6 Å². The van der Waals surface area contributed by atoms with Gasteiger partial charge in [-0.3, -0.25) is 14.8 Å². The number of rotatable bonds is 2. The van der Waals surface area contributed by atoms with Gasteiger partial charge in [0.05, 0.1) is 22.7 Å². The van der Waals surface area contributed by atoms with E-state index in [2.05, 4.69) is 9.97 Å². The molecular weight excluding hydrogens is 318 g/mol. The Labute approximate surface area is 147 Å². The standard InChI is InChI=1S/C19H23N3O3/c1-24-17-3-2-12-25-19(17)6-10-22(11-7-19)18(23)14-4-5-15-16(13-14)21-9-8-20-15/h4-5,8-9,13,17H,2-3,6-7,10-12H2,1H3/t17-/m1/s1. The summed E-state index contributed by atoms with van der Waals surface area (Å²) in [4.78, 5) is 23.3. The lowest BCUT2D eigenvalue weighted by Gasteiger charge is -2.48. The van der Waals surface area contributed by atoms with Crippen LogP contribution in [-0.2, 0) is 9.47 Å². The van der Waals surface area contributed by atoms with Gasteiger partial charge in [0.25, 0.3) is 5.91 Å². The number of fused-ring (bicyclic) bond motifs is 1. The SMILES string of the molecule is CO[C@@H]1CCCOC12CCN(C(=O)c1ccc3nccnc3c1)CC2. The van der Waals surface area contributed by atoms with Crippen LogP contribution >= 0.6 is 0 Å². The summed E-state index contributed by atoms with van der Waals surface area (Å²) in [6.07, 6.45) is 7.16. The largest absolute Gasteiger partial charge is 0.378 e. The summed E-state index contributed by atoms with van der Waals surface area (Å²) in [7, 11) is 1.76. The maximum absolute atomic E-state index is 12.9. The van der Waals surface area contributed by atoms with E-state index >= 15 is 0 Å². The molecule has 2 fully saturated rings. The minimum atomic E-state index is -0.224. The molecule has 132 valence electrons. The van der Waals surface area contributed by atoms with Crippen LogP contribution in [0, 0.1) is 0 Å². The number of benzene rings is 1. The molecule has 1 amide bonds. The van der Waals surface area contributed by atoms with Gasteiger partial charge in [-0.1, -0.05) is 0 Å². The van der Waals surface area contributed by atoms with E-state index in [1.54, 1.807) is 19.5 Å². The number of piperidine rings is 1. The summed E-state index contributed by atoms with van der Waals surface area (Å²) in [6, 6.07) is 5.51. The van der Waals surface area contributed by atoms with Gasteiger partial charge in [0.15, 0.2) is 0 Å². The Morgan fingerprint density at radius 2 is 2.00 bits per heavy atom. The van der Waals surface area contributed by atoms with Crippen molar-refractivity contribution in [3.05, 3.63) is 36.2 Å². The van der Waals surface area contributed by atoms with Crippen LogP contribution in [0.4, 0.5) is 0 Å². The molecule has 2 saturated heterocycles. The van der Waals surface area contributed by atoms with E-state index < -0.39 is 0 Å². The molecule has 0 saturated carbocycles. The minimum Gasteiger partial charge on any atom is -0.378 e. The van der Waals surface area contributed by atoms with Crippen molar-refractivity contribution in [1.29, 1.82) is 0 Å². The average molecular weight is 341 g/mol. The van der Waals surface area contributed by atoms with Crippen LogP contribution in [0.3, 0.4) is 0 Å². The molecule has 0 unspecified atom stereocenters. The molecule has 3 heterocycles. The predicted molar refractivity (Wildman–Crippen MR) is 93.4 cm³/mol. The second-order valence-corrected chi connectivity index (χ2v) is 6.83. The zero-order valence-electron chi connectivity index (χ0n) is 14.5. The highest BCUT2D eigenvalue weighted by Crippen LogP contribution is 2.37. The van der Waals surface area contributed by atoms with Gasteiger partial charge in [-0.25, -0.2) is 0 Å². The molecule has 6 nitrogen and oxygen atoms in total. The molecular formula is C19H23N3O3. The summed E-state index contributed by atoms with van der Waals surface area (Å²) in [5, 5.41) is 0. The average Bonchev–Trinajstić information content (AvgIpc) is 2.68. The van der Waals surface area contributed by atoms with Gasteiger partial charge in [0.1, 0.15) is 0 Å². The minimum absolute atomic E-state index is 0.0483. The number of carbonyl (C=O) groups is 1. The molecule has 25 heavy (non-hydrogen) atoms. The summed E-state index contributed by atoms with van der Waals surface area (Å²) in [6.45, 7) is 2.17. The number of amides is 1. The highest BCUT2D eigenvalue weighted by molar-refractivity contribution is 5.97. The molecule has 4 rings (SSSR count). The number of carbonyl (C=O) groups excluding carboxylic acids is 1. The van der Waals surface area contributed by atoms with Gasteiger partial charge in [0, 0.05) is 44.8 Å². The zero-order valence-corrected chi connectivity index (χ0v) is 14.5. The maximum Gasteiger partial charge on any atom is 0.253 e. The number of aromatic nitrogens is 2. The molecule has 0 bridgehead atoms. The molecule has 1 atom stereocenters. The fourth-order valence-electron chi connectivity index (χ4n) is 4.07. The van der Waals surface area contributed by atoms with Gasteiger partial charge in [-0.2, -0.15) is 0 Å². The second-order valence-electron chi connectivity index (χ2n) is 6.83. The smallest absolute Gasteiger partial charge is 0.253 e. The number of ether oxygens (including phenoxy) is 2. The molecule has 0 N–H and O–H groups in total. The maximum atomic E-state index is 12.9. The van der Waals surface area contributed by atoms with E-state index in [1.807, 2.05) is 23.1 Å². The molecule has 2 aromatic rings.